The van der Waals surface area contributed by atoms with Crippen molar-refractivity contribution in [2.75, 3.05) is 13.1 Å². The average molecular weight is 527 g/mol. The van der Waals surface area contributed by atoms with Gasteiger partial charge >= 0.3 is 5.97 Å². The van der Waals surface area contributed by atoms with Crippen molar-refractivity contribution in [3.63, 3.8) is 0 Å². The number of aromatic hydroxyl groups is 1. The predicted molar refractivity (Wildman–Crippen MR) is 148 cm³/mol. The van der Waals surface area contributed by atoms with E-state index in [4.69, 9.17) is 9.52 Å². The van der Waals surface area contributed by atoms with Gasteiger partial charge in [-0.15, -0.1) is 10.2 Å². The quantitative estimate of drug-likeness (QED) is 0.309. The summed E-state index contributed by atoms with van der Waals surface area (Å²) >= 11 is 0. The molecule has 0 radical (unpaired) electrons. The van der Waals surface area contributed by atoms with Crippen molar-refractivity contribution < 1.29 is 19.4 Å². The van der Waals surface area contributed by atoms with Gasteiger partial charge in [0.1, 0.15) is 5.75 Å². The van der Waals surface area contributed by atoms with Crippen LogP contribution in [0.1, 0.15) is 48.9 Å². The molecule has 0 amide bonds. The van der Waals surface area contributed by atoms with Gasteiger partial charge in [-0.25, -0.2) is 0 Å². The lowest BCUT2D eigenvalue weighted by Gasteiger charge is -2.47. The lowest BCUT2D eigenvalue weighted by molar-refractivity contribution is -0.137. The Balaban J connectivity index is 1.39. The fourth-order valence-corrected chi connectivity index (χ4v) is 5.39. The zero-order valence-electron chi connectivity index (χ0n) is 22.3. The number of aliphatic carboxylic acids is 1. The molecule has 0 aliphatic carbocycles. The number of piperazine rings is 1. The Morgan fingerprint density at radius 1 is 0.949 bits per heavy atom. The summed E-state index contributed by atoms with van der Waals surface area (Å²) < 4.78 is 5.69. The molecule has 0 saturated carbocycles. The molecule has 39 heavy (non-hydrogen) atoms. The topological polar surface area (TPSA) is 103 Å². The lowest BCUT2D eigenvalue weighted by atomic mass is 9.92. The zero-order chi connectivity index (χ0) is 27.4. The Morgan fingerprint density at radius 2 is 1.72 bits per heavy atom. The Bertz CT molecular complexity index is 1390. The number of carboxylic acids is 1. The molecule has 0 spiro atoms. The molecule has 1 fully saturated rings. The van der Waals surface area contributed by atoms with E-state index in [2.05, 4.69) is 82.4 Å². The van der Waals surface area contributed by atoms with Gasteiger partial charge in [0, 0.05) is 43.7 Å². The predicted octanol–water partition coefficient (Wildman–Crippen LogP) is 5.14. The molecule has 3 unspecified atom stereocenters. The van der Waals surface area contributed by atoms with Crippen molar-refractivity contribution in [3.05, 3.63) is 101 Å². The molecule has 1 saturated heterocycles. The molecular formula is C31H34N4O4. The highest BCUT2D eigenvalue weighted by Gasteiger charge is 2.35. The van der Waals surface area contributed by atoms with E-state index >= 15 is 0 Å². The Morgan fingerprint density at radius 3 is 2.44 bits per heavy atom. The summed E-state index contributed by atoms with van der Waals surface area (Å²) in [5.41, 5.74) is 4.23. The summed E-state index contributed by atoms with van der Waals surface area (Å²) in [6.45, 7) is 7.29. The van der Waals surface area contributed by atoms with Crippen molar-refractivity contribution >= 4 is 5.97 Å². The third-order valence-electron chi connectivity index (χ3n) is 7.40. The van der Waals surface area contributed by atoms with E-state index in [1.165, 1.54) is 5.56 Å². The minimum Gasteiger partial charge on any atom is -0.508 e. The van der Waals surface area contributed by atoms with Gasteiger partial charge in [-0.1, -0.05) is 54.6 Å². The van der Waals surface area contributed by atoms with Gasteiger partial charge < -0.3 is 14.6 Å². The number of carbonyl (C=O) groups is 1. The SMILES string of the molecule is CC1CN(C(c2ccc(-c3nnc(CCC(=O)O)o3)cc2)c2cccc(O)c2)C(C)CN1Cc1ccccc1. The van der Waals surface area contributed by atoms with Crippen molar-refractivity contribution in [2.24, 2.45) is 0 Å². The maximum absolute atomic E-state index is 10.9. The summed E-state index contributed by atoms with van der Waals surface area (Å²) in [7, 11) is 0. The minimum absolute atomic E-state index is 0.0451. The molecule has 2 heterocycles. The fourth-order valence-electron chi connectivity index (χ4n) is 5.39. The molecule has 3 aromatic carbocycles. The lowest BCUT2D eigenvalue weighted by Crippen LogP contribution is -2.56. The molecule has 3 atom stereocenters. The van der Waals surface area contributed by atoms with Gasteiger partial charge in [0.15, 0.2) is 0 Å². The van der Waals surface area contributed by atoms with E-state index in [0.717, 1.165) is 36.3 Å². The minimum atomic E-state index is -0.901. The van der Waals surface area contributed by atoms with E-state index in [1.807, 2.05) is 24.3 Å². The first-order valence-corrected chi connectivity index (χ1v) is 13.3. The number of rotatable bonds is 9. The van der Waals surface area contributed by atoms with Crippen LogP contribution in [0.4, 0.5) is 0 Å². The van der Waals surface area contributed by atoms with Crippen molar-refractivity contribution in [2.45, 2.75) is 51.4 Å². The molecule has 1 aromatic heterocycles. The van der Waals surface area contributed by atoms with Gasteiger partial charge in [0.2, 0.25) is 11.8 Å². The van der Waals surface area contributed by atoms with Gasteiger partial charge in [0.05, 0.1) is 12.5 Å². The van der Waals surface area contributed by atoms with Crippen LogP contribution in [0.3, 0.4) is 0 Å². The normalized spacial score (nSPS) is 19.1. The van der Waals surface area contributed by atoms with Crippen LogP contribution in [0.15, 0.2) is 83.3 Å². The molecule has 8 heteroatoms. The summed E-state index contributed by atoms with van der Waals surface area (Å²) in [6.07, 6.45) is 0.147. The second-order valence-corrected chi connectivity index (χ2v) is 10.3. The Hall–Kier alpha value is -4.01. The largest absolute Gasteiger partial charge is 0.508 e. The summed E-state index contributed by atoms with van der Waals surface area (Å²) in [6, 6.07) is 26.7. The average Bonchev–Trinajstić information content (AvgIpc) is 3.41. The smallest absolute Gasteiger partial charge is 0.303 e. The zero-order valence-corrected chi connectivity index (χ0v) is 22.3. The number of phenols is 1. The van der Waals surface area contributed by atoms with E-state index in [-0.39, 0.29) is 30.7 Å². The maximum atomic E-state index is 10.9. The highest BCUT2D eigenvalue weighted by atomic mass is 16.4. The standard InChI is InChI=1S/C31H34N4O4/c1-21-19-35(22(2)18-34(21)20-23-7-4-3-5-8-23)30(26-9-6-10-27(36)17-26)24-11-13-25(14-12-24)31-33-32-28(39-31)15-16-29(37)38/h3-14,17,21-22,30,36H,15-16,18-20H2,1-2H3,(H,37,38). The van der Waals surface area contributed by atoms with Crippen LogP contribution in [0.2, 0.25) is 0 Å². The number of hydrogen-bond acceptors (Lipinski definition) is 7. The first kappa shape index (κ1) is 26.6. The maximum Gasteiger partial charge on any atom is 0.303 e. The van der Waals surface area contributed by atoms with Crippen LogP contribution in [-0.2, 0) is 17.8 Å². The number of hydrogen-bond donors (Lipinski definition) is 2. The molecule has 5 rings (SSSR count). The van der Waals surface area contributed by atoms with Crippen LogP contribution in [0.5, 0.6) is 5.75 Å². The van der Waals surface area contributed by atoms with E-state index in [9.17, 15) is 9.90 Å². The van der Waals surface area contributed by atoms with Crippen LogP contribution >= 0.6 is 0 Å². The molecule has 202 valence electrons. The summed E-state index contributed by atoms with van der Waals surface area (Å²) in [5.74, 6) is 0.0245. The van der Waals surface area contributed by atoms with Gasteiger partial charge in [-0.2, -0.15) is 0 Å². The second-order valence-electron chi connectivity index (χ2n) is 10.3. The van der Waals surface area contributed by atoms with Crippen LogP contribution in [-0.4, -0.2) is 61.4 Å². The van der Waals surface area contributed by atoms with Gasteiger partial charge in [0.25, 0.3) is 0 Å². The van der Waals surface area contributed by atoms with E-state index in [1.54, 1.807) is 6.07 Å². The molecule has 1 aliphatic heterocycles. The van der Waals surface area contributed by atoms with Gasteiger partial charge in [-0.3, -0.25) is 14.6 Å². The molecule has 0 bridgehead atoms. The number of nitrogens with zero attached hydrogens (tertiary/aromatic N) is 4. The Kier molecular flexibility index (Phi) is 8.05. The number of benzene rings is 3. The van der Waals surface area contributed by atoms with Crippen LogP contribution in [0.25, 0.3) is 11.5 Å². The first-order valence-electron chi connectivity index (χ1n) is 13.3. The van der Waals surface area contributed by atoms with Crippen molar-refractivity contribution in [3.8, 4) is 17.2 Å². The van der Waals surface area contributed by atoms with Crippen LogP contribution in [0, 0.1) is 0 Å². The highest BCUT2D eigenvalue weighted by Crippen LogP contribution is 2.35. The van der Waals surface area contributed by atoms with Gasteiger partial charge in [-0.05, 0) is 54.8 Å². The Labute approximate surface area is 228 Å². The fraction of sp³-hybridized carbons (Fsp3) is 0.323. The van der Waals surface area contributed by atoms with Crippen LogP contribution < -0.4 is 0 Å². The molecule has 2 N–H and O–H groups in total. The molecule has 1 aliphatic rings. The van der Waals surface area contributed by atoms with E-state index < -0.39 is 5.97 Å². The molecular weight excluding hydrogens is 492 g/mol. The number of aryl methyl sites for hydroxylation is 1. The third kappa shape index (κ3) is 6.35. The number of aromatic nitrogens is 2. The van der Waals surface area contributed by atoms with Crippen molar-refractivity contribution in [1.82, 2.24) is 20.0 Å². The third-order valence-corrected chi connectivity index (χ3v) is 7.40. The highest BCUT2D eigenvalue weighted by molar-refractivity contribution is 5.66. The second kappa shape index (κ2) is 11.8. The molecule has 8 nitrogen and oxygen atoms in total. The van der Waals surface area contributed by atoms with E-state index in [0.29, 0.717) is 17.8 Å². The first-order chi connectivity index (χ1) is 18.9. The molecule has 4 aromatic rings. The monoisotopic (exact) mass is 526 g/mol. The summed E-state index contributed by atoms with van der Waals surface area (Å²) in [5, 5.41) is 27.3. The summed E-state index contributed by atoms with van der Waals surface area (Å²) in [4.78, 5) is 15.9. The number of carboxylic acid groups (broad SMARTS) is 1. The number of phenolic OH excluding ortho intramolecular Hbond substituents is 1. The van der Waals surface area contributed by atoms with Crippen molar-refractivity contribution in [1.29, 1.82) is 0 Å².